The van der Waals surface area contributed by atoms with E-state index in [1.54, 1.807) is 12.1 Å². The average molecular weight is 416 g/mol. The topological polar surface area (TPSA) is 17.8 Å². The smallest absolute Gasteiger partial charge is 0.145 e. The van der Waals surface area contributed by atoms with Crippen molar-refractivity contribution in [3.8, 4) is 17.1 Å². The van der Waals surface area contributed by atoms with Crippen LogP contribution in [-0.2, 0) is 0 Å². The Balaban J connectivity index is 1.87. The Morgan fingerprint density at radius 1 is 0.656 bits per heavy atom. The molecule has 6 rings (SSSR count). The van der Waals surface area contributed by atoms with Gasteiger partial charge in [-0.15, -0.1) is 0 Å². The van der Waals surface area contributed by atoms with Gasteiger partial charge in [0.25, 0.3) is 0 Å². The monoisotopic (exact) mass is 416 g/mol. The summed E-state index contributed by atoms with van der Waals surface area (Å²) in [5.41, 5.74) is 6.36. The summed E-state index contributed by atoms with van der Waals surface area (Å²) in [6.45, 7) is 4.22. The quantitative estimate of drug-likeness (QED) is 0.264. The lowest BCUT2D eigenvalue weighted by molar-refractivity contribution is 0.628. The molecule has 3 heteroatoms. The van der Waals surface area contributed by atoms with E-state index in [4.69, 9.17) is 4.98 Å². The molecule has 0 unspecified atom stereocenters. The minimum absolute atomic E-state index is 0.251. The van der Waals surface area contributed by atoms with Gasteiger partial charge in [0.15, 0.2) is 0 Å². The van der Waals surface area contributed by atoms with Crippen molar-refractivity contribution in [3.05, 3.63) is 108 Å². The maximum absolute atomic E-state index is 13.7. The Morgan fingerprint density at radius 2 is 1.22 bits per heavy atom. The number of imidazole rings is 1. The molecule has 0 amide bonds. The van der Waals surface area contributed by atoms with Crippen LogP contribution < -0.4 is 0 Å². The van der Waals surface area contributed by atoms with Gasteiger partial charge in [0, 0.05) is 22.0 Å². The molecular weight excluding hydrogens is 395 g/mol. The summed E-state index contributed by atoms with van der Waals surface area (Å²) < 4.78 is 16.0. The van der Waals surface area contributed by atoms with E-state index in [2.05, 4.69) is 85.1 Å². The molecule has 0 saturated heterocycles. The van der Waals surface area contributed by atoms with E-state index < -0.39 is 0 Å². The van der Waals surface area contributed by atoms with Gasteiger partial charge >= 0.3 is 0 Å². The highest BCUT2D eigenvalue weighted by Gasteiger charge is 2.20. The number of fused-ring (bicyclic) bond motifs is 6. The molecule has 154 valence electrons. The van der Waals surface area contributed by atoms with Crippen LogP contribution in [0.15, 0.2) is 91.0 Å². The van der Waals surface area contributed by atoms with Crippen LogP contribution in [0.1, 0.15) is 11.1 Å². The number of halogens is 1. The van der Waals surface area contributed by atoms with Crippen LogP contribution in [0.25, 0.3) is 49.7 Å². The molecular formula is C29H21FN2. The molecule has 0 bridgehead atoms. The Labute approximate surface area is 185 Å². The van der Waals surface area contributed by atoms with Crippen molar-refractivity contribution in [2.45, 2.75) is 13.8 Å². The van der Waals surface area contributed by atoms with E-state index in [1.807, 2.05) is 0 Å². The number of rotatable bonds is 2. The highest BCUT2D eigenvalue weighted by atomic mass is 19.1. The fourth-order valence-corrected chi connectivity index (χ4v) is 4.83. The number of hydrogen-bond acceptors (Lipinski definition) is 1. The minimum atomic E-state index is -0.251. The second-order valence-electron chi connectivity index (χ2n) is 8.41. The molecule has 0 radical (unpaired) electrons. The average Bonchev–Trinajstić information content (AvgIpc) is 3.20. The van der Waals surface area contributed by atoms with Gasteiger partial charge in [-0.1, -0.05) is 54.6 Å². The fourth-order valence-electron chi connectivity index (χ4n) is 4.83. The summed E-state index contributed by atoms with van der Waals surface area (Å²) in [4.78, 5) is 5.17. The van der Waals surface area contributed by atoms with E-state index >= 15 is 0 Å². The zero-order valence-corrected chi connectivity index (χ0v) is 17.9. The van der Waals surface area contributed by atoms with Gasteiger partial charge < -0.3 is 0 Å². The lowest BCUT2D eigenvalue weighted by atomic mass is 10.00. The summed E-state index contributed by atoms with van der Waals surface area (Å²) in [7, 11) is 0. The zero-order chi connectivity index (χ0) is 21.8. The number of benzene rings is 5. The predicted octanol–water partition coefficient (Wildman–Crippen LogP) is 7.75. The molecule has 0 N–H and O–H groups in total. The second-order valence-corrected chi connectivity index (χ2v) is 8.41. The van der Waals surface area contributed by atoms with Crippen molar-refractivity contribution in [2.75, 3.05) is 0 Å². The number of nitrogens with zero attached hydrogens (tertiary/aromatic N) is 2. The molecule has 0 saturated carbocycles. The van der Waals surface area contributed by atoms with Gasteiger partial charge in [-0.05, 0) is 72.1 Å². The molecule has 1 aromatic heterocycles. The van der Waals surface area contributed by atoms with E-state index in [0.29, 0.717) is 0 Å². The van der Waals surface area contributed by atoms with E-state index in [1.165, 1.54) is 34.0 Å². The molecule has 0 aliphatic rings. The number of aryl methyl sites for hydroxylation is 2. The molecule has 1 heterocycles. The molecule has 0 fully saturated rings. The molecule has 0 spiro atoms. The lowest BCUT2D eigenvalue weighted by Gasteiger charge is -2.14. The van der Waals surface area contributed by atoms with E-state index in [-0.39, 0.29) is 5.82 Å². The van der Waals surface area contributed by atoms with Gasteiger partial charge in [-0.25, -0.2) is 9.37 Å². The second kappa shape index (κ2) is 7.03. The van der Waals surface area contributed by atoms with Crippen molar-refractivity contribution in [1.29, 1.82) is 0 Å². The minimum Gasteiger partial charge on any atom is -0.292 e. The van der Waals surface area contributed by atoms with Crippen LogP contribution in [0.2, 0.25) is 0 Å². The van der Waals surface area contributed by atoms with Gasteiger partial charge in [0.2, 0.25) is 0 Å². The first-order valence-electron chi connectivity index (χ1n) is 10.8. The third-order valence-corrected chi connectivity index (χ3v) is 6.10. The van der Waals surface area contributed by atoms with E-state index in [9.17, 15) is 4.39 Å². The van der Waals surface area contributed by atoms with Gasteiger partial charge in [0.05, 0.1) is 11.0 Å². The summed E-state index contributed by atoms with van der Waals surface area (Å²) in [6.07, 6.45) is 0. The van der Waals surface area contributed by atoms with Crippen LogP contribution in [0.5, 0.6) is 0 Å². The summed E-state index contributed by atoms with van der Waals surface area (Å²) in [5.74, 6) is 0.560. The van der Waals surface area contributed by atoms with Gasteiger partial charge in [-0.3, -0.25) is 4.57 Å². The molecule has 0 aliphatic carbocycles. The van der Waals surface area contributed by atoms with Crippen LogP contribution in [0.4, 0.5) is 4.39 Å². The first-order valence-corrected chi connectivity index (χ1v) is 10.8. The van der Waals surface area contributed by atoms with E-state index in [0.717, 1.165) is 38.9 Å². The highest BCUT2D eigenvalue weighted by molar-refractivity contribution is 6.24. The molecule has 0 atom stereocenters. The Kier molecular flexibility index (Phi) is 4.12. The van der Waals surface area contributed by atoms with Crippen molar-refractivity contribution in [2.24, 2.45) is 0 Å². The van der Waals surface area contributed by atoms with Crippen LogP contribution in [0, 0.1) is 19.7 Å². The van der Waals surface area contributed by atoms with Crippen LogP contribution in [-0.4, -0.2) is 9.55 Å². The summed E-state index contributed by atoms with van der Waals surface area (Å²) in [6, 6.07) is 30.1. The SMILES string of the molecule is Cc1cc(C)cc(-n2c(-c3ccc(F)cc3)nc3c4ccccc4c4ccccc4c32)c1. The Hall–Kier alpha value is -3.98. The van der Waals surface area contributed by atoms with Crippen molar-refractivity contribution < 1.29 is 4.39 Å². The number of hydrogen-bond donors (Lipinski definition) is 0. The Morgan fingerprint density at radius 3 is 1.88 bits per heavy atom. The standard InChI is InChI=1S/C29H21FN2/c1-18-15-19(2)17-22(16-18)32-28-26-10-6-4-8-24(26)23-7-3-5-9-25(23)27(28)31-29(32)20-11-13-21(30)14-12-20/h3-17H,1-2H3. The zero-order valence-electron chi connectivity index (χ0n) is 17.9. The lowest BCUT2D eigenvalue weighted by Crippen LogP contribution is -1.99. The maximum atomic E-state index is 13.7. The summed E-state index contributed by atoms with van der Waals surface area (Å²) >= 11 is 0. The fraction of sp³-hybridized carbons (Fsp3) is 0.0690. The molecule has 32 heavy (non-hydrogen) atoms. The first-order chi connectivity index (χ1) is 15.6. The van der Waals surface area contributed by atoms with Crippen molar-refractivity contribution in [3.63, 3.8) is 0 Å². The largest absolute Gasteiger partial charge is 0.292 e. The summed E-state index contributed by atoms with van der Waals surface area (Å²) in [5, 5.41) is 4.66. The third-order valence-electron chi connectivity index (χ3n) is 6.10. The number of aromatic nitrogens is 2. The van der Waals surface area contributed by atoms with Gasteiger partial charge in [0.1, 0.15) is 11.6 Å². The normalized spacial score (nSPS) is 11.6. The van der Waals surface area contributed by atoms with Gasteiger partial charge in [-0.2, -0.15) is 0 Å². The van der Waals surface area contributed by atoms with Crippen LogP contribution >= 0.6 is 0 Å². The molecule has 0 aliphatic heterocycles. The predicted molar refractivity (Wildman–Crippen MR) is 131 cm³/mol. The maximum Gasteiger partial charge on any atom is 0.145 e. The van der Waals surface area contributed by atoms with Crippen molar-refractivity contribution >= 4 is 32.6 Å². The molecule has 2 nitrogen and oxygen atoms in total. The Bertz CT molecular complexity index is 1620. The first kappa shape index (κ1) is 18.8. The molecule has 6 aromatic rings. The van der Waals surface area contributed by atoms with Crippen LogP contribution in [0.3, 0.4) is 0 Å². The van der Waals surface area contributed by atoms with Crippen molar-refractivity contribution in [1.82, 2.24) is 9.55 Å². The third kappa shape index (κ3) is 2.82. The molecule has 5 aromatic carbocycles. The highest BCUT2D eigenvalue weighted by Crippen LogP contribution is 2.39.